The van der Waals surface area contributed by atoms with Crippen LogP contribution in [0.2, 0.25) is 0 Å². The van der Waals surface area contributed by atoms with Crippen LogP contribution >= 0.6 is 0 Å². The highest BCUT2D eigenvalue weighted by atomic mass is 16.5. The molecular weight excluding hydrogens is 240 g/mol. The largest absolute Gasteiger partial charge is 0.493 e. The van der Waals surface area contributed by atoms with E-state index in [4.69, 9.17) is 9.47 Å². The first-order chi connectivity index (χ1) is 9.17. The second-order valence-corrected chi connectivity index (χ2v) is 4.79. The smallest absolute Gasteiger partial charge is 0.161 e. The summed E-state index contributed by atoms with van der Waals surface area (Å²) in [5.74, 6) is 1.60. The Labute approximate surface area is 116 Å². The van der Waals surface area contributed by atoms with Gasteiger partial charge in [-0.3, -0.25) is 0 Å². The number of methoxy groups -OCH3 is 1. The highest BCUT2D eigenvalue weighted by Gasteiger charge is 2.07. The molecule has 0 aliphatic rings. The van der Waals surface area contributed by atoms with Gasteiger partial charge in [-0.15, -0.1) is 0 Å². The third-order valence-electron chi connectivity index (χ3n) is 2.70. The Morgan fingerprint density at radius 1 is 1.16 bits per heavy atom. The van der Waals surface area contributed by atoms with Crippen LogP contribution in [-0.4, -0.2) is 33.4 Å². The van der Waals surface area contributed by atoms with Crippen molar-refractivity contribution in [1.29, 1.82) is 0 Å². The van der Waals surface area contributed by atoms with Crippen molar-refractivity contribution in [2.24, 2.45) is 0 Å². The third-order valence-corrected chi connectivity index (χ3v) is 2.70. The minimum atomic E-state index is 0.152. The van der Waals surface area contributed by atoms with E-state index in [0.717, 1.165) is 37.6 Å². The van der Waals surface area contributed by atoms with Gasteiger partial charge >= 0.3 is 0 Å². The summed E-state index contributed by atoms with van der Waals surface area (Å²) in [4.78, 5) is 0. The molecule has 4 heteroatoms. The molecule has 19 heavy (non-hydrogen) atoms. The Morgan fingerprint density at radius 2 is 1.95 bits per heavy atom. The number of ether oxygens (including phenoxy) is 2. The van der Waals surface area contributed by atoms with Crippen LogP contribution in [0.3, 0.4) is 0 Å². The van der Waals surface area contributed by atoms with Gasteiger partial charge in [-0.1, -0.05) is 6.07 Å². The topological polar surface area (TPSA) is 42.5 Å². The maximum absolute atomic E-state index is 5.70. The lowest BCUT2D eigenvalue weighted by atomic mass is 10.2. The second-order valence-electron chi connectivity index (χ2n) is 4.79. The summed E-state index contributed by atoms with van der Waals surface area (Å²) in [6.07, 6.45) is 1.28. The number of hydrogen-bond acceptors (Lipinski definition) is 4. The number of hydrogen-bond donors (Lipinski definition) is 2. The average Bonchev–Trinajstić information content (AvgIpc) is 2.39. The van der Waals surface area contributed by atoms with E-state index in [1.165, 1.54) is 5.56 Å². The Balaban J connectivity index is 2.51. The van der Waals surface area contributed by atoms with Gasteiger partial charge in [-0.25, -0.2) is 0 Å². The lowest BCUT2D eigenvalue weighted by molar-refractivity contribution is 0.230. The monoisotopic (exact) mass is 266 g/mol. The highest BCUT2D eigenvalue weighted by Crippen LogP contribution is 2.28. The zero-order valence-corrected chi connectivity index (χ0v) is 12.5. The Bertz CT molecular complexity index is 367. The molecule has 108 valence electrons. The molecule has 0 aliphatic heterocycles. The Hall–Kier alpha value is -1.26. The van der Waals surface area contributed by atoms with Crippen molar-refractivity contribution in [3.05, 3.63) is 23.8 Å². The van der Waals surface area contributed by atoms with Crippen LogP contribution in [0.4, 0.5) is 0 Å². The molecule has 1 aromatic carbocycles. The van der Waals surface area contributed by atoms with Gasteiger partial charge in [0, 0.05) is 6.54 Å². The summed E-state index contributed by atoms with van der Waals surface area (Å²) in [5.41, 5.74) is 1.21. The first-order valence-electron chi connectivity index (χ1n) is 6.86. The van der Waals surface area contributed by atoms with E-state index in [1.807, 2.05) is 33.0 Å². The molecule has 0 bridgehead atoms. The van der Waals surface area contributed by atoms with Crippen molar-refractivity contribution in [1.82, 2.24) is 10.6 Å². The molecule has 0 aromatic heterocycles. The summed E-state index contributed by atoms with van der Waals surface area (Å²) in [6, 6.07) is 6.08. The van der Waals surface area contributed by atoms with Gasteiger partial charge < -0.3 is 20.1 Å². The molecule has 0 radical (unpaired) electrons. The molecule has 0 heterocycles. The van der Waals surface area contributed by atoms with E-state index in [1.54, 1.807) is 7.11 Å². The van der Waals surface area contributed by atoms with Crippen LogP contribution in [-0.2, 0) is 6.54 Å². The van der Waals surface area contributed by atoms with E-state index in [9.17, 15) is 0 Å². The van der Waals surface area contributed by atoms with E-state index in [2.05, 4.69) is 16.7 Å². The van der Waals surface area contributed by atoms with Crippen molar-refractivity contribution in [3.63, 3.8) is 0 Å². The van der Waals surface area contributed by atoms with Crippen molar-refractivity contribution < 1.29 is 9.47 Å². The Morgan fingerprint density at radius 3 is 2.58 bits per heavy atom. The third kappa shape index (κ3) is 5.94. The minimum absolute atomic E-state index is 0.152. The molecule has 1 aromatic rings. The van der Waals surface area contributed by atoms with Gasteiger partial charge in [0.2, 0.25) is 0 Å². The SMILES string of the molecule is CNCCCNCc1ccc(OC(C)C)c(OC)c1. The summed E-state index contributed by atoms with van der Waals surface area (Å²) < 4.78 is 11.1. The van der Waals surface area contributed by atoms with Crippen LogP contribution in [0, 0.1) is 0 Å². The zero-order valence-electron chi connectivity index (χ0n) is 12.5. The fourth-order valence-electron chi connectivity index (χ4n) is 1.80. The quantitative estimate of drug-likeness (QED) is 0.672. The number of nitrogens with one attached hydrogen (secondary N) is 2. The van der Waals surface area contributed by atoms with Crippen molar-refractivity contribution >= 4 is 0 Å². The summed E-state index contributed by atoms with van der Waals surface area (Å²) in [6.45, 7) is 6.92. The number of rotatable bonds is 9. The standard InChI is InChI=1S/C15H26N2O2/c1-12(2)19-14-7-6-13(10-15(14)18-4)11-17-9-5-8-16-3/h6-7,10,12,16-17H,5,8-9,11H2,1-4H3. The molecule has 0 atom stereocenters. The summed E-state index contributed by atoms with van der Waals surface area (Å²) in [5, 5.41) is 6.55. The maximum Gasteiger partial charge on any atom is 0.161 e. The van der Waals surface area contributed by atoms with Crippen molar-refractivity contribution in [2.75, 3.05) is 27.2 Å². The molecule has 4 nitrogen and oxygen atoms in total. The van der Waals surface area contributed by atoms with E-state index in [-0.39, 0.29) is 6.10 Å². The molecule has 0 fully saturated rings. The molecule has 0 spiro atoms. The van der Waals surface area contributed by atoms with Gasteiger partial charge in [0.1, 0.15) is 0 Å². The lowest BCUT2D eigenvalue weighted by Gasteiger charge is -2.14. The Kier molecular flexibility index (Phi) is 7.30. The first-order valence-corrected chi connectivity index (χ1v) is 6.86. The fraction of sp³-hybridized carbons (Fsp3) is 0.600. The molecular formula is C15H26N2O2. The van der Waals surface area contributed by atoms with Gasteiger partial charge in [0.15, 0.2) is 11.5 Å². The normalized spacial score (nSPS) is 10.8. The molecule has 2 N–H and O–H groups in total. The van der Waals surface area contributed by atoms with Crippen LogP contribution < -0.4 is 20.1 Å². The highest BCUT2D eigenvalue weighted by molar-refractivity contribution is 5.43. The molecule has 1 rings (SSSR count). The maximum atomic E-state index is 5.70. The van der Waals surface area contributed by atoms with Crippen LogP contribution in [0.25, 0.3) is 0 Å². The van der Waals surface area contributed by atoms with Crippen LogP contribution in [0.15, 0.2) is 18.2 Å². The summed E-state index contributed by atoms with van der Waals surface area (Å²) >= 11 is 0. The van der Waals surface area contributed by atoms with Crippen molar-refractivity contribution in [2.45, 2.75) is 32.9 Å². The first kappa shape index (κ1) is 15.8. The van der Waals surface area contributed by atoms with Gasteiger partial charge in [-0.2, -0.15) is 0 Å². The minimum Gasteiger partial charge on any atom is -0.493 e. The predicted molar refractivity (Wildman–Crippen MR) is 79.0 cm³/mol. The zero-order chi connectivity index (χ0) is 14.1. The molecule has 0 saturated heterocycles. The van der Waals surface area contributed by atoms with Crippen LogP contribution in [0.5, 0.6) is 11.5 Å². The summed E-state index contributed by atoms with van der Waals surface area (Å²) in [7, 11) is 3.64. The molecule has 0 unspecified atom stereocenters. The predicted octanol–water partition coefficient (Wildman–Crippen LogP) is 2.18. The number of benzene rings is 1. The van der Waals surface area contributed by atoms with E-state index in [0.29, 0.717) is 0 Å². The van der Waals surface area contributed by atoms with Gasteiger partial charge in [-0.05, 0) is 58.1 Å². The second kappa shape index (κ2) is 8.77. The average molecular weight is 266 g/mol. The van der Waals surface area contributed by atoms with E-state index >= 15 is 0 Å². The van der Waals surface area contributed by atoms with E-state index < -0.39 is 0 Å². The van der Waals surface area contributed by atoms with Gasteiger partial charge in [0.05, 0.1) is 13.2 Å². The molecule has 0 aliphatic carbocycles. The van der Waals surface area contributed by atoms with Crippen molar-refractivity contribution in [3.8, 4) is 11.5 Å². The van der Waals surface area contributed by atoms with Gasteiger partial charge in [0.25, 0.3) is 0 Å². The lowest BCUT2D eigenvalue weighted by Crippen LogP contribution is -2.19. The van der Waals surface area contributed by atoms with Crippen LogP contribution in [0.1, 0.15) is 25.8 Å². The fourth-order valence-corrected chi connectivity index (χ4v) is 1.80. The molecule has 0 saturated carbocycles. The molecule has 0 amide bonds.